The summed E-state index contributed by atoms with van der Waals surface area (Å²) in [6, 6.07) is 18.4. The molecule has 13 heteroatoms. The van der Waals surface area contributed by atoms with Gasteiger partial charge in [0.1, 0.15) is 6.54 Å². The standard InChI is InChI=1S/C21H17N5O5.2HI.V/c27-15(28)11-26-12-22-16-18(26)23-20(24-19(16)29)25-21(30)31-17(13-7-3-1-4-8-13)14-9-5-2-6-10-14;;;/h1-10,12,17H,11H2,(H,27,28)(H2,23,24,25,29,30);2*1H;/q;;;+2/p-2. The van der Waals surface area contributed by atoms with E-state index in [1.165, 1.54) is 10.9 Å². The molecule has 3 N–H and O–H groups in total. The van der Waals surface area contributed by atoms with Gasteiger partial charge in [0.25, 0.3) is 5.56 Å². The van der Waals surface area contributed by atoms with Crippen molar-refractivity contribution in [3.8, 4) is 0 Å². The van der Waals surface area contributed by atoms with Crippen LogP contribution in [0.4, 0.5) is 10.7 Å². The first-order valence-electron chi connectivity index (χ1n) is 9.59. The molecule has 0 aliphatic rings. The van der Waals surface area contributed by atoms with E-state index in [0.29, 0.717) is 9.47 Å². The molecule has 0 spiro atoms. The topological polar surface area (TPSA) is 139 Å². The van der Waals surface area contributed by atoms with Gasteiger partial charge >= 0.3 is 61.5 Å². The van der Waals surface area contributed by atoms with Crippen LogP contribution >= 0.6 is 40.0 Å². The fraction of sp³-hybridized carbons (Fsp3) is 0.0952. The molecule has 2 aromatic heterocycles. The number of carboxylic acids is 1. The van der Waals surface area contributed by atoms with Crippen LogP contribution in [0.15, 0.2) is 71.8 Å². The Labute approximate surface area is 222 Å². The quantitative estimate of drug-likeness (QED) is 0.252. The van der Waals surface area contributed by atoms with Crippen LogP contribution in [-0.2, 0) is 25.5 Å². The summed E-state index contributed by atoms with van der Waals surface area (Å²) in [6.45, 7) is -0.430. The van der Waals surface area contributed by atoms with Gasteiger partial charge in [0.2, 0.25) is 5.95 Å². The molecule has 2 aromatic carbocycles. The minimum atomic E-state index is -1.12. The summed E-state index contributed by atoms with van der Waals surface area (Å²) in [6.07, 6.45) is -0.329. The third kappa shape index (κ3) is 7.04. The Morgan fingerprint density at radius 3 is 2.18 bits per heavy atom. The van der Waals surface area contributed by atoms with Gasteiger partial charge in [-0.1, -0.05) is 60.7 Å². The summed E-state index contributed by atoms with van der Waals surface area (Å²) in [5.41, 5.74) is 0.906. The van der Waals surface area contributed by atoms with Crippen molar-refractivity contribution in [1.29, 1.82) is 0 Å². The molecule has 10 nitrogen and oxygen atoms in total. The monoisotopic (exact) mass is 724 g/mol. The van der Waals surface area contributed by atoms with E-state index in [-0.39, 0.29) is 17.1 Å². The fourth-order valence-corrected chi connectivity index (χ4v) is 3.09. The van der Waals surface area contributed by atoms with Crippen LogP contribution < -0.4 is 10.9 Å². The first kappa shape index (κ1) is 26.2. The summed E-state index contributed by atoms with van der Waals surface area (Å²) in [4.78, 5) is 46.2. The average molecular weight is 724 g/mol. The van der Waals surface area contributed by atoms with Crippen LogP contribution in [0.5, 0.6) is 0 Å². The summed E-state index contributed by atoms with van der Waals surface area (Å²) in [5.74, 6) is -1.31. The fourth-order valence-electron chi connectivity index (χ4n) is 3.09. The van der Waals surface area contributed by atoms with Gasteiger partial charge < -0.3 is 14.4 Å². The predicted molar refractivity (Wildman–Crippen MR) is 139 cm³/mol. The van der Waals surface area contributed by atoms with Crippen molar-refractivity contribution in [3.63, 3.8) is 0 Å². The second-order valence-electron chi connectivity index (χ2n) is 6.65. The number of ether oxygens (including phenoxy) is 1. The summed E-state index contributed by atoms with van der Waals surface area (Å²) in [5, 5.41) is 11.4. The molecule has 0 aliphatic heterocycles. The van der Waals surface area contributed by atoms with Crippen molar-refractivity contribution < 1.29 is 28.9 Å². The number of benzene rings is 2. The number of H-pyrrole nitrogens is 1. The van der Waals surface area contributed by atoms with Gasteiger partial charge in [0, 0.05) is 0 Å². The van der Waals surface area contributed by atoms with Crippen molar-refractivity contribution >= 4 is 69.1 Å². The number of imidazole rings is 1. The van der Waals surface area contributed by atoms with Crippen molar-refractivity contribution in [3.05, 3.63) is 88.5 Å². The number of hydrogen-bond acceptors (Lipinski definition) is 6. The van der Waals surface area contributed by atoms with Crippen LogP contribution in [-0.4, -0.2) is 36.7 Å². The van der Waals surface area contributed by atoms with Crippen molar-refractivity contribution in [2.75, 3.05) is 5.32 Å². The molecule has 0 saturated carbocycles. The van der Waals surface area contributed by atoms with E-state index in [1.54, 1.807) is 0 Å². The molecule has 1 amide bonds. The van der Waals surface area contributed by atoms with Crippen LogP contribution in [0.25, 0.3) is 11.2 Å². The van der Waals surface area contributed by atoms with Crippen LogP contribution in [0, 0.1) is 0 Å². The predicted octanol–water partition coefficient (Wildman–Crippen LogP) is 4.31. The molecular formula is C21H17I2N5O5V. The maximum atomic E-state index is 12.6. The number of nitrogens with zero attached hydrogens (tertiary/aromatic N) is 3. The second-order valence-corrected chi connectivity index (χ2v) is 18.4. The molecule has 4 rings (SSSR count). The van der Waals surface area contributed by atoms with Gasteiger partial charge in [-0.3, -0.25) is 19.9 Å². The van der Waals surface area contributed by atoms with Gasteiger partial charge in [-0.25, -0.2) is 9.78 Å². The number of aliphatic carboxylic acids is 1. The Morgan fingerprint density at radius 1 is 1.09 bits per heavy atom. The second kappa shape index (κ2) is 12.9. The van der Waals surface area contributed by atoms with E-state index >= 15 is 0 Å². The normalized spacial score (nSPS) is 10.3. The number of aromatic nitrogens is 4. The van der Waals surface area contributed by atoms with E-state index in [1.807, 2.05) is 60.7 Å². The number of carbonyl (C=O) groups is 2. The number of amides is 1. The molecular weight excluding hydrogens is 707 g/mol. The van der Waals surface area contributed by atoms with Crippen molar-refractivity contribution in [1.82, 2.24) is 19.5 Å². The number of rotatable bonds is 6. The van der Waals surface area contributed by atoms with Gasteiger partial charge in [0.15, 0.2) is 17.3 Å². The van der Waals surface area contributed by atoms with Gasteiger partial charge in [0.05, 0.1) is 6.33 Å². The molecule has 0 bridgehead atoms. The third-order valence-electron chi connectivity index (χ3n) is 4.43. The Morgan fingerprint density at radius 2 is 1.65 bits per heavy atom. The molecule has 0 radical (unpaired) electrons. The number of halogens is 2. The van der Waals surface area contributed by atoms with Crippen LogP contribution in [0.2, 0.25) is 0 Å². The molecule has 0 fully saturated rings. The number of hydrogen-bond donors (Lipinski definition) is 3. The van der Waals surface area contributed by atoms with E-state index in [9.17, 15) is 14.4 Å². The number of nitrogens with one attached hydrogen (secondary N) is 2. The molecule has 0 saturated heterocycles. The van der Waals surface area contributed by atoms with E-state index in [0.717, 1.165) is 11.1 Å². The summed E-state index contributed by atoms with van der Waals surface area (Å²) in [7, 11) is 0.628. The average Bonchev–Trinajstić information content (AvgIpc) is 3.21. The molecule has 175 valence electrons. The zero-order valence-corrected chi connectivity index (χ0v) is 23.0. The number of carbonyl (C=O) groups excluding carboxylic acids is 1. The Kier molecular flexibility index (Phi) is 9.92. The zero-order valence-electron chi connectivity index (χ0n) is 17.3. The molecule has 34 heavy (non-hydrogen) atoms. The third-order valence-corrected chi connectivity index (χ3v) is 4.43. The van der Waals surface area contributed by atoms with Gasteiger partial charge in [-0.05, 0) is 11.1 Å². The van der Waals surface area contributed by atoms with Crippen molar-refractivity contribution in [2.45, 2.75) is 12.6 Å². The maximum absolute atomic E-state index is 12.6. The summed E-state index contributed by atoms with van der Waals surface area (Å²) < 4.78 is 6.82. The number of carboxylic acid groups (broad SMARTS) is 1. The van der Waals surface area contributed by atoms with E-state index in [4.69, 9.17) is 9.84 Å². The Balaban J connectivity index is 0.00000103. The van der Waals surface area contributed by atoms with Gasteiger partial charge in [-0.2, -0.15) is 4.98 Å². The van der Waals surface area contributed by atoms with E-state index in [2.05, 4.69) is 60.2 Å². The summed E-state index contributed by atoms with van der Waals surface area (Å²) >= 11 is 4.74. The Hall–Kier alpha value is -2.43. The SMILES string of the molecule is O=C(O)Cn1cnc2c(=O)[nH]c(NC(=O)OC(c3ccccc3)c3ccccc3)nc21.[I][V][I]. The first-order chi connectivity index (χ1) is 16.4. The zero-order chi connectivity index (χ0) is 24.5. The number of fused-ring (bicyclic) bond motifs is 1. The van der Waals surface area contributed by atoms with Crippen LogP contribution in [0.3, 0.4) is 0 Å². The van der Waals surface area contributed by atoms with Crippen LogP contribution in [0.1, 0.15) is 17.2 Å². The van der Waals surface area contributed by atoms with Crippen molar-refractivity contribution in [2.24, 2.45) is 0 Å². The molecule has 0 unspecified atom stereocenters. The first-order valence-corrected chi connectivity index (χ1v) is 18.6. The number of anilines is 1. The molecule has 4 aromatic rings. The Bertz CT molecular complexity index is 1280. The molecule has 2 heterocycles. The molecule has 0 atom stereocenters. The molecule has 0 aliphatic carbocycles. The van der Waals surface area contributed by atoms with Gasteiger partial charge in [-0.15, -0.1) is 0 Å². The minimum absolute atomic E-state index is 0.0316. The van der Waals surface area contributed by atoms with E-state index < -0.39 is 30.3 Å². The number of aromatic amines is 1.